The second-order valence-electron chi connectivity index (χ2n) is 5.25. The van der Waals surface area contributed by atoms with Gasteiger partial charge in [-0.1, -0.05) is 0 Å². The highest BCUT2D eigenvalue weighted by atomic mass is 19.4. The van der Waals surface area contributed by atoms with Crippen molar-refractivity contribution in [3.8, 4) is 6.07 Å². The summed E-state index contributed by atoms with van der Waals surface area (Å²) < 4.78 is 37.5. The van der Waals surface area contributed by atoms with Gasteiger partial charge >= 0.3 is 12.2 Å². The highest BCUT2D eigenvalue weighted by Gasteiger charge is 2.29. The lowest BCUT2D eigenvalue weighted by atomic mass is 10.2. The maximum absolute atomic E-state index is 12.5. The van der Waals surface area contributed by atoms with Crippen LogP contribution < -0.4 is 10.6 Å². The maximum Gasteiger partial charge on any atom is 0.416 e. The number of benzene rings is 2. The van der Waals surface area contributed by atoms with Crippen LogP contribution >= 0.6 is 0 Å². The van der Waals surface area contributed by atoms with E-state index in [4.69, 9.17) is 5.26 Å². The number of nitrogens with one attached hydrogen (secondary N) is 3. The number of halogens is 3. The van der Waals surface area contributed by atoms with E-state index in [9.17, 15) is 18.0 Å². The average Bonchev–Trinajstić information content (AvgIpc) is 2.96. The number of aromatic amines is 1. The van der Waals surface area contributed by atoms with Gasteiger partial charge in [-0.2, -0.15) is 18.4 Å². The summed E-state index contributed by atoms with van der Waals surface area (Å²) in [6, 6.07) is 12.2. The Morgan fingerprint density at radius 2 is 1.64 bits per heavy atom. The fraction of sp³-hybridized carbons (Fsp3) is 0.0588. The Morgan fingerprint density at radius 3 is 2.28 bits per heavy atom. The summed E-state index contributed by atoms with van der Waals surface area (Å²) in [6.07, 6.45) is -4.42. The van der Waals surface area contributed by atoms with Gasteiger partial charge in [-0.05, 0) is 48.5 Å². The van der Waals surface area contributed by atoms with Crippen LogP contribution in [0.15, 0.2) is 48.5 Å². The second-order valence-corrected chi connectivity index (χ2v) is 5.25. The van der Waals surface area contributed by atoms with E-state index < -0.39 is 17.8 Å². The number of alkyl halides is 3. The fourth-order valence-electron chi connectivity index (χ4n) is 2.31. The summed E-state index contributed by atoms with van der Waals surface area (Å²) in [5, 5.41) is 14.7. The summed E-state index contributed by atoms with van der Waals surface area (Å²) in [6.45, 7) is 0. The van der Waals surface area contributed by atoms with Crippen molar-refractivity contribution in [2.24, 2.45) is 0 Å². The normalized spacial score (nSPS) is 11.1. The van der Waals surface area contributed by atoms with Gasteiger partial charge in [-0.15, -0.1) is 0 Å². The highest BCUT2D eigenvalue weighted by molar-refractivity contribution is 6.01. The number of carbonyl (C=O) groups excluding carboxylic acids is 1. The van der Waals surface area contributed by atoms with Crippen molar-refractivity contribution in [2.75, 3.05) is 10.6 Å². The van der Waals surface area contributed by atoms with Gasteiger partial charge in [0, 0.05) is 22.3 Å². The Balaban J connectivity index is 1.69. The van der Waals surface area contributed by atoms with E-state index in [0.29, 0.717) is 11.4 Å². The topological polar surface area (TPSA) is 80.7 Å². The van der Waals surface area contributed by atoms with Crippen LogP contribution in [0.1, 0.15) is 11.3 Å². The number of nitrogens with zero attached hydrogens (tertiary/aromatic N) is 1. The molecule has 0 radical (unpaired) electrons. The van der Waals surface area contributed by atoms with Crippen molar-refractivity contribution < 1.29 is 18.0 Å². The van der Waals surface area contributed by atoms with E-state index in [1.165, 1.54) is 12.1 Å². The molecule has 5 nitrogen and oxygen atoms in total. The second kappa shape index (κ2) is 6.20. The SMILES string of the molecule is N#Cc1cc2cc(NC(=O)Nc3ccc(C(F)(F)F)cc3)ccc2[nH]1. The van der Waals surface area contributed by atoms with Gasteiger partial charge in [-0.25, -0.2) is 4.79 Å². The molecular weight excluding hydrogens is 333 g/mol. The number of amides is 2. The Kier molecular flexibility index (Phi) is 4.07. The molecule has 2 amide bonds. The molecule has 3 aromatic rings. The molecule has 0 aliphatic carbocycles. The van der Waals surface area contributed by atoms with Crippen molar-refractivity contribution in [3.05, 3.63) is 59.8 Å². The van der Waals surface area contributed by atoms with Crippen molar-refractivity contribution in [2.45, 2.75) is 6.18 Å². The van der Waals surface area contributed by atoms with Crippen molar-refractivity contribution in [1.29, 1.82) is 5.26 Å². The number of nitriles is 1. The smallest absolute Gasteiger partial charge is 0.346 e. The monoisotopic (exact) mass is 344 g/mol. The fourth-order valence-corrected chi connectivity index (χ4v) is 2.31. The van der Waals surface area contributed by atoms with Crippen LogP contribution in [0.4, 0.5) is 29.3 Å². The Hall–Kier alpha value is -3.47. The van der Waals surface area contributed by atoms with Crippen molar-refractivity contribution >= 4 is 28.3 Å². The van der Waals surface area contributed by atoms with Crippen LogP contribution in [-0.2, 0) is 6.18 Å². The van der Waals surface area contributed by atoms with Gasteiger partial charge in [-0.3, -0.25) is 0 Å². The van der Waals surface area contributed by atoms with Crippen LogP contribution in [0.2, 0.25) is 0 Å². The van der Waals surface area contributed by atoms with Crippen molar-refractivity contribution in [3.63, 3.8) is 0 Å². The Bertz CT molecular complexity index is 968. The zero-order valence-corrected chi connectivity index (χ0v) is 12.6. The summed E-state index contributed by atoms with van der Waals surface area (Å²) in [5.74, 6) is 0. The zero-order valence-electron chi connectivity index (χ0n) is 12.6. The molecule has 8 heteroatoms. The van der Waals surface area contributed by atoms with Crippen LogP contribution in [0.3, 0.4) is 0 Å². The number of hydrogen-bond acceptors (Lipinski definition) is 2. The maximum atomic E-state index is 12.5. The first-order valence-electron chi connectivity index (χ1n) is 7.13. The minimum atomic E-state index is -4.42. The molecule has 0 unspecified atom stereocenters. The molecule has 3 rings (SSSR count). The lowest BCUT2D eigenvalue weighted by Gasteiger charge is -2.10. The van der Waals surface area contributed by atoms with Gasteiger partial charge < -0.3 is 15.6 Å². The molecule has 1 heterocycles. The van der Waals surface area contributed by atoms with E-state index in [2.05, 4.69) is 15.6 Å². The molecular formula is C17H11F3N4O. The predicted molar refractivity (Wildman–Crippen MR) is 87.1 cm³/mol. The third-order valence-electron chi connectivity index (χ3n) is 3.47. The van der Waals surface area contributed by atoms with Crippen LogP contribution in [0.25, 0.3) is 10.9 Å². The number of aromatic nitrogens is 1. The van der Waals surface area contributed by atoms with Gasteiger partial charge in [0.15, 0.2) is 0 Å². The standard InChI is InChI=1S/C17H11F3N4O/c18-17(19,20)11-1-3-12(4-2-11)23-16(25)24-13-5-6-15-10(7-13)8-14(9-21)22-15/h1-8,22H,(H2,23,24,25). The first kappa shape index (κ1) is 16.4. The molecule has 0 atom stereocenters. The number of anilines is 2. The molecule has 0 saturated carbocycles. The number of rotatable bonds is 2. The number of hydrogen-bond donors (Lipinski definition) is 3. The lowest BCUT2D eigenvalue weighted by molar-refractivity contribution is -0.137. The summed E-state index contributed by atoms with van der Waals surface area (Å²) in [4.78, 5) is 14.9. The molecule has 25 heavy (non-hydrogen) atoms. The lowest BCUT2D eigenvalue weighted by Crippen LogP contribution is -2.19. The van der Waals surface area contributed by atoms with E-state index >= 15 is 0 Å². The molecule has 0 spiro atoms. The minimum absolute atomic E-state index is 0.236. The Labute approximate surface area is 140 Å². The molecule has 1 aromatic heterocycles. The molecule has 0 aliphatic rings. The third kappa shape index (κ3) is 3.72. The van der Waals surface area contributed by atoms with E-state index in [0.717, 1.165) is 23.0 Å². The van der Waals surface area contributed by atoms with Gasteiger partial charge in [0.25, 0.3) is 0 Å². The number of H-pyrrole nitrogens is 1. The van der Waals surface area contributed by atoms with Crippen LogP contribution in [0, 0.1) is 11.3 Å². The quantitative estimate of drug-likeness (QED) is 0.630. The molecule has 0 fully saturated rings. The highest BCUT2D eigenvalue weighted by Crippen LogP contribution is 2.29. The molecule has 0 saturated heterocycles. The average molecular weight is 344 g/mol. The first-order chi connectivity index (χ1) is 11.8. The van der Waals surface area contributed by atoms with Gasteiger partial charge in [0.2, 0.25) is 0 Å². The number of carbonyl (C=O) groups is 1. The summed E-state index contributed by atoms with van der Waals surface area (Å²) in [5.41, 5.74) is 1.09. The van der Waals surface area contributed by atoms with E-state index in [1.54, 1.807) is 24.3 Å². The number of fused-ring (bicyclic) bond motifs is 1. The van der Waals surface area contributed by atoms with E-state index in [-0.39, 0.29) is 5.69 Å². The summed E-state index contributed by atoms with van der Waals surface area (Å²) >= 11 is 0. The third-order valence-corrected chi connectivity index (χ3v) is 3.47. The predicted octanol–water partition coefficient (Wildman–Crippen LogP) is 4.70. The molecule has 3 N–H and O–H groups in total. The van der Waals surface area contributed by atoms with Crippen LogP contribution in [0.5, 0.6) is 0 Å². The number of urea groups is 1. The minimum Gasteiger partial charge on any atom is -0.346 e. The van der Waals surface area contributed by atoms with Gasteiger partial charge in [0.05, 0.1) is 5.56 Å². The Morgan fingerprint density at radius 1 is 1.00 bits per heavy atom. The zero-order chi connectivity index (χ0) is 18.0. The van der Waals surface area contributed by atoms with Crippen LogP contribution in [-0.4, -0.2) is 11.0 Å². The molecule has 2 aromatic carbocycles. The van der Waals surface area contributed by atoms with Gasteiger partial charge in [0.1, 0.15) is 11.8 Å². The summed E-state index contributed by atoms with van der Waals surface area (Å²) in [7, 11) is 0. The molecule has 126 valence electrons. The molecule has 0 bridgehead atoms. The molecule has 0 aliphatic heterocycles. The largest absolute Gasteiger partial charge is 0.416 e. The van der Waals surface area contributed by atoms with Crippen molar-refractivity contribution in [1.82, 2.24) is 4.98 Å². The van der Waals surface area contributed by atoms with E-state index in [1.807, 2.05) is 6.07 Å². The first-order valence-corrected chi connectivity index (χ1v) is 7.13.